The van der Waals surface area contributed by atoms with Crippen LogP contribution < -0.4 is 4.90 Å². The molecule has 0 spiro atoms. The van der Waals surface area contributed by atoms with Crippen molar-refractivity contribution in [1.82, 2.24) is 25.1 Å². The Morgan fingerprint density at radius 2 is 2.00 bits per heavy atom. The molecule has 144 valence electrons. The van der Waals surface area contributed by atoms with E-state index in [4.69, 9.17) is 0 Å². The fourth-order valence-electron chi connectivity index (χ4n) is 4.03. The molecule has 3 aromatic heterocycles. The van der Waals surface area contributed by atoms with Gasteiger partial charge in [-0.25, -0.2) is 18.4 Å². The van der Waals surface area contributed by atoms with Gasteiger partial charge in [0.15, 0.2) is 9.84 Å². The Kier molecular flexibility index (Phi) is 4.86. The van der Waals surface area contributed by atoms with Crippen molar-refractivity contribution in [3.63, 3.8) is 0 Å². The Morgan fingerprint density at radius 3 is 2.74 bits per heavy atom. The highest BCUT2D eigenvalue weighted by Crippen LogP contribution is 2.32. The fourth-order valence-corrected chi connectivity index (χ4v) is 5.84. The number of aromatic amines is 2. The summed E-state index contributed by atoms with van der Waals surface area (Å²) in [6.45, 7) is 0. The number of nitrogens with one attached hydrogen (secondary N) is 2. The number of H-pyrrole nitrogens is 2. The van der Waals surface area contributed by atoms with Gasteiger partial charge < -0.3 is 9.88 Å². The molecule has 0 aromatic carbocycles. The number of sulfone groups is 1. The molecule has 8 nitrogen and oxygen atoms in total. The van der Waals surface area contributed by atoms with Crippen molar-refractivity contribution in [2.45, 2.75) is 37.5 Å². The molecular weight excluding hydrogens is 364 g/mol. The van der Waals surface area contributed by atoms with Crippen LogP contribution in [-0.2, 0) is 15.6 Å². The highest BCUT2D eigenvalue weighted by molar-refractivity contribution is 7.90. The van der Waals surface area contributed by atoms with E-state index in [1.165, 1.54) is 0 Å². The third-order valence-electron chi connectivity index (χ3n) is 5.45. The summed E-state index contributed by atoms with van der Waals surface area (Å²) < 4.78 is 24.9. The van der Waals surface area contributed by atoms with Gasteiger partial charge in [-0.15, -0.1) is 0 Å². The van der Waals surface area contributed by atoms with Gasteiger partial charge >= 0.3 is 0 Å². The van der Waals surface area contributed by atoms with Gasteiger partial charge in [0.05, 0.1) is 22.6 Å². The SMILES string of the molecule is CN(c1ncnc2[nH]ccc12)C1CCC(CS(=O)(=O)Cc2ccn[nH]2)CC1. The second-order valence-electron chi connectivity index (χ2n) is 7.36. The molecule has 9 heteroatoms. The lowest BCUT2D eigenvalue weighted by Gasteiger charge is -2.35. The van der Waals surface area contributed by atoms with E-state index in [-0.39, 0.29) is 17.4 Å². The van der Waals surface area contributed by atoms with E-state index in [1.54, 1.807) is 18.6 Å². The highest BCUT2D eigenvalue weighted by Gasteiger charge is 2.29. The van der Waals surface area contributed by atoms with Crippen molar-refractivity contribution in [2.75, 3.05) is 17.7 Å². The monoisotopic (exact) mass is 388 g/mol. The summed E-state index contributed by atoms with van der Waals surface area (Å²) in [6.07, 6.45) is 8.81. The molecule has 3 heterocycles. The van der Waals surface area contributed by atoms with Crippen LogP contribution in [0.4, 0.5) is 5.82 Å². The number of fused-ring (bicyclic) bond motifs is 1. The van der Waals surface area contributed by atoms with E-state index in [0.717, 1.165) is 42.5 Å². The molecule has 0 atom stereocenters. The topological polar surface area (TPSA) is 108 Å². The molecule has 0 radical (unpaired) electrons. The van der Waals surface area contributed by atoms with Crippen LogP contribution in [0.5, 0.6) is 0 Å². The molecule has 1 fully saturated rings. The molecule has 2 N–H and O–H groups in total. The van der Waals surface area contributed by atoms with Crippen molar-refractivity contribution in [2.24, 2.45) is 5.92 Å². The third kappa shape index (κ3) is 3.97. The van der Waals surface area contributed by atoms with Crippen molar-refractivity contribution in [3.8, 4) is 0 Å². The maximum absolute atomic E-state index is 12.4. The lowest BCUT2D eigenvalue weighted by Crippen LogP contribution is -2.37. The Hall–Kier alpha value is -2.42. The smallest absolute Gasteiger partial charge is 0.156 e. The van der Waals surface area contributed by atoms with E-state index in [1.807, 2.05) is 12.3 Å². The number of nitrogens with zero attached hydrogens (tertiary/aromatic N) is 4. The Balaban J connectivity index is 1.36. The summed E-state index contributed by atoms with van der Waals surface area (Å²) in [5.74, 6) is 1.44. The summed E-state index contributed by atoms with van der Waals surface area (Å²) in [5.41, 5.74) is 1.49. The zero-order valence-electron chi connectivity index (χ0n) is 15.3. The van der Waals surface area contributed by atoms with E-state index < -0.39 is 9.84 Å². The van der Waals surface area contributed by atoms with Crippen LogP contribution in [0.25, 0.3) is 11.0 Å². The second-order valence-corrected chi connectivity index (χ2v) is 9.47. The Morgan fingerprint density at radius 1 is 1.19 bits per heavy atom. The van der Waals surface area contributed by atoms with Crippen LogP contribution in [0, 0.1) is 5.92 Å². The minimum atomic E-state index is -3.12. The molecule has 1 aliphatic rings. The van der Waals surface area contributed by atoms with Gasteiger partial charge in [-0.1, -0.05) is 0 Å². The number of aromatic nitrogens is 5. The summed E-state index contributed by atoms with van der Waals surface area (Å²) in [5, 5.41) is 7.57. The molecule has 0 unspecified atom stereocenters. The third-order valence-corrected chi connectivity index (χ3v) is 7.18. The maximum atomic E-state index is 12.4. The number of hydrogen-bond donors (Lipinski definition) is 2. The first-order valence-electron chi connectivity index (χ1n) is 9.21. The molecule has 3 aromatic rings. The van der Waals surface area contributed by atoms with Gasteiger partial charge in [-0.2, -0.15) is 5.10 Å². The van der Waals surface area contributed by atoms with Crippen LogP contribution >= 0.6 is 0 Å². The van der Waals surface area contributed by atoms with E-state index >= 15 is 0 Å². The van der Waals surface area contributed by atoms with Crippen LogP contribution in [0.15, 0.2) is 30.9 Å². The summed E-state index contributed by atoms with van der Waals surface area (Å²) in [7, 11) is -1.06. The van der Waals surface area contributed by atoms with Crippen molar-refractivity contribution < 1.29 is 8.42 Å². The van der Waals surface area contributed by atoms with Crippen molar-refractivity contribution >= 4 is 26.7 Å². The zero-order chi connectivity index (χ0) is 18.9. The van der Waals surface area contributed by atoms with E-state index in [2.05, 4.69) is 37.1 Å². The van der Waals surface area contributed by atoms with Gasteiger partial charge in [0.1, 0.15) is 17.8 Å². The summed E-state index contributed by atoms with van der Waals surface area (Å²) in [6, 6.07) is 4.08. The van der Waals surface area contributed by atoms with Crippen molar-refractivity contribution in [1.29, 1.82) is 0 Å². The van der Waals surface area contributed by atoms with Gasteiger partial charge in [0, 0.05) is 25.5 Å². The average Bonchev–Trinajstić information content (AvgIpc) is 3.32. The highest BCUT2D eigenvalue weighted by atomic mass is 32.2. The molecule has 27 heavy (non-hydrogen) atoms. The van der Waals surface area contributed by atoms with Crippen LogP contribution in [-0.4, -0.2) is 52.4 Å². The first-order chi connectivity index (χ1) is 13.0. The van der Waals surface area contributed by atoms with Gasteiger partial charge in [-0.05, 0) is 43.7 Å². The predicted octanol–water partition coefficient (Wildman–Crippen LogP) is 2.29. The average molecular weight is 388 g/mol. The van der Waals surface area contributed by atoms with E-state index in [9.17, 15) is 8.42 Å². The molecule has 1 saturated carbocycles. The molecular formula is C18H24N6O2S. The lowest BCUT2D eigenvalue weighted by molar-refractivity contribution is 0.340. The Labute approximate surface area is 158 Å². The normalized spacial score (nSPS) is 20.8. The largest absolute Gasteiger partial charge is 0.356 e. The zero-order valence-corrected chi connectivity index (χ0v) is 16.1. The quantitative estimate of drug-likeness (QED) is 0.671. The van der Waals surface area contributed by atoms with Crippen molar-refractivity contribution in [3.05, 3.63) is 36.5 Å². The standard InChI is InChI=1S/C18H24N6O2S/c1-24(18-16-7-8-19-17(16)20-12-21-18)15-4-2-13(3-5-15)10-27(25,26)11-14-6-9-22-23-14/h6-9,12-13,15H,2-5,10-11H2,1H3,(H,22,23)(H,19,20,21). The first kappa shape index (κ1) is 18.0. The van der Waals surface area contributed by atoms with Gasteiger partial charge in [0.25, 0.3) is 0 Å². The first-order valence-corrected chi connectivity index (χ1v) is 11.0. The van der Waals surface area contributed by atoms with Crippen LogP contribution in [0.1, 0.15) is 31.4 Å². The summed E-state index contributed by atoms with van der Waals surface area (Å²) in [4.78, 5) is 14.0. The number of anilines is 1. The maximum Gasteiger partial charge on any atom is 0.156 e. The molecule has 0 saturated heterocycles. The Bertz CT molecular complexity index is 990. The molecule has 0 bridgehead atoms. The van der Waals surface area contributed by atoms with Gasteiger partial charge in [-0.3, -0.25) is 5.10 Å². The molecule has 4 rings (SSSR count). The molecule has 0 amide bonds. The second kappa shape index (κ2) is 7.30. The minimum absolute atomic E-state index is 0.0409. The molecule has 0 aliphatic heterocycles. The number of hydrogen-bond acceptors (Lipinski definition) is 6. The number of rotatable bonds is 6. The van der Waals surface area contributed by atoms with Gasteiger partial charge in [0.2, 0.25) is 0 Å². The minimum Gasteiger partial charge on any atom is -0.356 e. The van der Waals surface area contributed by atoms with Crippen LogP contribution in [0.2, 0.25) is 0 Å². The summed E-state index contributed by atoms with van der Waals surface area (Å²) >= 11 is 0. The molecule has 1 aliphatic carbocycles. The fraction of sp³-hybridized carbons (Fsp3) is 0.500. The lowest BCUT2D eigenvalue weighted by atomic mass is 9.86. The van der Waals surface area contributed by atoms with E-state index in [0.29, 0.717) is 11.7 Å². The van der Waals surface area contributed by atoms with Crippen LogP contribution in [0.3, 0.4) is 0 Å². The predicted molar refractivity (Wildman–Crippen MR) is 104 cm³/mol.